The Kier molecular flexibility index (Phi) is 6.34. The number of aliphatic hydroxyl groups is 1. The number of fused-ring (bicyclic) bond motifs is 2. The Balaban J connectivity index is 1.47. The van der Waals surface area contributed by atoms with Gasteiger partial charge >= 0.3 is 0 Å². The Hall–Kier alpha value is -2.52. The number of amides is 2. The molecule has 3 N–H and O–H groups in total. The minimum Gasteiger partial charge on any atom is -0.389 e. The number of rotatable bonds is 8. The summed E-state index contributed by atoms with van der Waals surface area (Å²) in [6, 6.07) is 2.92. The molecule has 8 nitrogen and oxygen atoms in total. The van der Waals surface area contributed by atoms with E-state index in [9.17, 15) is 14.7 Å². The Labute approximate surface area is 210 Å². The fraction of sp³-hybridized carbons (Fsp3) is 0.615. The molecule has 2 saturated heterocycles. The minimum absolute atomic E-state index is 0.0910. The van der Waals surface area contributed by atoms with Crippen molar-refractivity contribution in [3.05, 3.63) is 28.5 Å². The van der Waals surface area contributed by atoms with Crippen molar-refractivity contribution in [2.75, 3.05) is 11.9 Å². The van der Waals surface area contributed by atoms with E-state index >= 15 is 0 Å². The molecule has 3 aliphatic rings. The maximum Gasteiger partial charge on any atom is 0.280 e. The van der Waals surface area contributed by atoms with E-state index in [-0.39, 0.29) is 35.5 Å². The summed E-state index contributed by atoms with van der Waals surface area (Å²) in [5, 5.41) is 16.5. The topological polar surface area (TPSA) is 107 Å². The van der Waals surface area contributed by atoms with Gasteiger partial charge in [0.2, 0.25) is 0 Å². The van der Waals surface area contributed by atoms with Gasteiger partial charge in [0.05, 0.1) is 10.5 Å². The smallest absolute Gasteiger partial charge is 0.280 e. The molecule has 3 fully saturated rings. The van der Waals surface area contributed by atoms with E-state index in [4.69, 9.17) is 0 Å². The molecule has 0 aromatic carbocycles. The summed E-state index contributed by atoms with van der Waals surface area (Å²) in [6.45, 7) is 7.55. The number of carbonyl (C=O) groups is 2. The summed E-state index contributed by atoms with van der Waals surface area (Å²) in [4.78, 5) is 38.5. The van der Waals surface area contributed by atoms with Crippen LogP contribution in [0.3, 0.4) is 0 Å². The first kappa shape index (κ1) is 24.2. The molecule has 188 valence electrons. The summed E-state index contributed by atoms with van der Waals surface area (Å²) in [5.41, 5.74) is 1.10. The number of pyridine rings is 1. The molecule has 2 aromatic heterocycles. The van der Waals surface area contributed by atoms with Gasteiger partial charge in [-0.2, -0.15) is 0 Å². The van der Waals surface area contributed by atoms with Crippen LogP contribution in [0.1, 0.15) is 85.2 Å². The van der Waals surface area contributed by atoms with Crippen molar-refractivity contribution in [2.24, 2.45) is 5.92 Å². The fourth-order valence-electron chi connectivity index (χ4n) is 5.30. The third kappa shape index (κ3) is 5.07. The van der Waals surface area contributed by atoms with E-state index in [1.807, 2.05) is 17.9 Å². The second-order valence-electron chi connectivity index (χ2n) is 11.0. The van der Waals surface area contributed by atoms with Gasteiger partial charge < -0.3 is 20.6 Å². The third-order valence-electron chi connectivity index (χ3n) is 7.45. The van der Waals surface area contributed by atoms with Crippen molar-refractivity contribution in [3.8, 4) is 10.4 Å². The Morgan fingerprint density at radius 1 is 1.20 bits per heavy atom. The van der Waals surface area contributed by atoms with Crippen molar-refractivity contribution in [1.29, 1.82) is 0 Å². The highest BCUT2D eigenvalue weighted by Crippen LogP contribution is 2.41. The summed E-state index contributed by atoms with van der Waals surface area (Å²) in [6.07, 6.45) is 8.45. The SMILES string of the molecule is Cc1cc(N[C@@H](C)C2CC2)ncc1-c1sc(C(=O)NCC(C)(C)O)nc1C(=O)N1C2CCC1CC2. The van der Waals surface area contributed by atoms with Gasteiger partial charge in [-0.05, 0) is 83.8 Å². The number of hydrogen-bond donors (Lipinski definition) is 3. The molecular formula is C26H35N5O3S. The first-order chi connectivity index (χ1) is 16.6. The number of nitrogens with zero attached hydrogens (tertiary/aromatic N) is 3. The van der Waals surface area contributed by atoms with Gasteiger partial charge in [-0.25, -0.2) is 9.97 Å². The molecule has 2 amide bonds. The van der Waals surface area contributed by atoms with E-state index in [1.165, 1.54) is 24.2 Å². The van der Waals surface area contributed by atoms with Crippen molar-refractivity contribution in [3.63, 3.8) is 0 Å². The molecule has 2 aromatic rings. The molecule has 35 heavy (non-hydrogen) atoms. The summed E-state index contributed by atoms with van der Waals surface area (Å²) in [5.74, 6) is 1.06. The van der Waals surface area contributed by atoms with Gasteiger partial charge in [0, 0.05) is 36.4 Å². The standard InChI is InChI=1S/C26H35N5O3S/c1-14-11-20(29-15(2)16-5-6-16)27-12-19(14)22-21(25(33)31-17-7-8-18(31)10-9-17)30-24(35-22)23(32)28-13-26(3,4)34/h11-12,15-18,34H,5-10,13H2,1-4H3,(H,27,29)(H,28,32)/t15-,17?,18?/m0/s1. The van der Waals surface area contributed by atoms with Crippen LogP contribution in [0.15, 0.2) is 12.3 Å². The lowest BCUT2D eigenvalue weighted by atomic mass is 10.0. The first-order valence-corrected chi connectivity index (χ1v) is 13.5. The Bertz CT molecular complexity index is 1120. The Morgan fingerprint density at radius 2 is 1.86 bits per heavy atom. The van der Waals surface area contributed by atoms with Gasteiger partial charge in [0.15, 0.2) is 5.01 Å². The lowest BCUT2D eigenvalue weighted by Crippen LogP contribution is -2.38. The molecule has 9 heteroatoms. The minimum atomic E-state index is -1.04. The predicted molar refractivity (Wildman–Crippen MR) is 137 cm³/mol. The number of carbonyl (C=O) groups excluding carboxylic acids is 2. The zero-order valence-corrected chi connectivity index (χ0v) is 21.7. The van der Waals surface area contributed by atoms with E-state index in [0.29, 0.717) is 22.5 Å². The molecule has 1 atom stereocenters. The van der Waals surface area contributed by atoms with Crippen molar-refractivity contribution < 1.29 is 14.7 Å². The first-order valence-electron chi connectivity index (χ1n) is 12.7. The third-order valence-corrected chi connectivity index (χ3v) is 8.54. The van der Waals surface area contributed by atoms with Gasteiger partial charge in [-0.3, -0.25) is 9.59 Å². The van der Waals surface area contributed by atoms with Crippen molar-refractivity contribution >= 4 is 29.0 Å². The molecular weight excluding hydrogens is 462 g/mol. The average Bonchev–Trinajstić information content (AvgIpc) is 3.28. The zero-order valence-electron chi connectivity index (χ0n) is 20.9. The number of hydrogen-bond acceptors (Lipinski definition) is 7. The predicted octanol–water partition coefficient (Wildman–Crippen LogP) is 3.99. The van der Waals surface area contributed by atoms with Gasteiger partial charge in [-0.15, -0.1) is 11.3 Å². The molecule has 0 radical (unpaired) electrons. The highest BCUT2D eigenvalue weighted by atomic mass is 32.1. The number of aromatic nitrogens is 2. The number of nitrogens with one attached hydrogen (secondary N) is 2. The maximum atomic E-state index is 13.7. The zero-order chi connectivity index (χ0) is 24.9. The number of aryl methyl sites for hydroxylation is 1. The fourth-order valence-corrected chi connectivity index (χ4v) is 6.35. The van der Waals surface area contributed by atoms with E-state index in [0.717, 1.165) is 42.6 Å². The van der Waals surface area contributed by atoms with E-state index in [1.54, 1.807) is 20.0 Å². The highest BCUT2D eigenvalue weighted by Gasteiger charge is 2.44. The van der Waals surface area contributed by atoms with Crippen LogP contribution < -0.4 is 10.6 Å². The quantitative estimate of drug-likeness (QED) is 0.509. The number of thiazole rings is 1. The van der Waals surface area contributed by atoms with Crippen LogP contribution in [0.25, 0.3) is 10.4 Å². The molecule has 4 heterocycles. The molecule has 2 bridgehead atoms. The van der Waals surface area contributed by atoms with Gasteiger partial charge in [-0.1, -0.05) is 0 Å². The monoisotopic (exact) mass is 497 g/mol. The van der Waals surface area contributed by atoms with Crippen LogP contribution in [0, 0.1) is 12.8 Å². The second-order valence-corrected chi connectivity index (χ2v) is 12.0. The lowest BCUT2D eigenvalue weighted by molar-refractivity contribution is 0.0692. The van der Waals surface area contributed by atoms with Crippen molar-refractivity contribution in [2.45, 2.75) is 89.9 Å². The maximum absolute atomic E-state index is 13.7. The average molecular weight is 498 g/mol. The summed E-state index contributed by atoms with van der Waals surface area (Å²) in [7, 11) is 0. The van der Waals surface area contributed by atoms with Gasteiger partial charge in [0.25, 0.3) is 11.8 Å². The van der Waals surface area contributed by atoms with Crippen molar-refractivity contribution in [1.82, 2.24) is 20.2 Å². The van der Waals surface area contributed by atoms with Crippen LogP contribution in [0.5, 0.6) is 0 Å². The molecule has 2 aliphatic heterocycles. The van der Waals surface area contributed by atoms with Crippen LogP contribution >= 0.6 is 11.3 Å². The van der Waals surface area contributed by atoms with E-state index < -0.39 is 5.60 Å². The largest absolute Gasteiger partial charge is 0.389 e. The molecule has 1 aliphatic carbocycles. The summed E-state index contributed by atoms with van der Waals surface area (Å²) >= 11 is 1.22. The van der Waals surface area contributed by atoms with Gasteiger partial charge in [0.1, 0.15) is 11.5 Å². The van der Waals surface area contributed by atoms with Crippen LogP contribution in [-0.2, 0) is 0 Å². The molecule has 1 saturated carbocycles. The van der Waals surface area contributed by atoms with E-state index in [2.05, 4.69) is 27.5 Å². The lowest BCUT2D eigenvalue weighted by Gasteiger charge is -2.21. The molecule has 0 unspecified atom stereocenters. The van der Waals surface area contributed by atoms with Crippen LogP contribution in [-0.4, -0.2) is 62.1 Å². The molecule has 5 rings (SSSR count). The Morgan fingerprint density at radius 3 is 2.43 bits per heavy atom. The normalized spacial score (nSPS) is 22.4. The molecule has 0 spiro atoms. The van der Waals surface area contributed by atoms with Crippen LogP contribution in [0.4, 0.5) is 5.82 Å². The summed E-state index contributed by atoms with van der Waals surface area (Å²) < 4.78 is 0. The highest BCUT2D eigenvalue weighted by molar-refractivity contribution is 7.17. The van der Waals surface area contributed by atoms with Crippen LogP contribution in [0.2, 0.25) is 0 Å². The number of anilines is 1. The second kappa shape index (κ2) is 9.17.